The van der Waals surface area contributed by atoms with Crippen LogP contribution < -0.4 is 4.31 Å². The predicted octanol–water partition coefficient (Wildman–Crippen LogP) is 3.55. The fourth-order valence-corrected chi connectivity index (χ4v) is 3.27. The maximum atomic E-state index is 12.9. The first-order valence-electron chi connectivity index (χ1n) is 5.84. The molecule has 2 rings (SSSR count). The predicted molar refractivity (Wildman–Crippen MR) is 81.1 cm³/mol. The molecule has 0 spiro atoms. The van der Waals surface area contributed by atoms with Crippen molar-refractivity contribution < 1.29 is 12.8 Å². The van der Waals surface area contributed by atoms with E-state index >= 15 is 0 Å². The van der Waals surface area contributed by atoms with E-state index in [0.29, 0.717) is 11.0 Å². The molecule has 0 N–H and O–H groups in total. The van der Waals surface area contributed by atoms with E-state index < -0.39 is 15.8 Å². The van der Waals surface area contributed by atoms with E-state index in [-0.39, 0.29) is 4.90 Å². The van der Waals surface area contributed by atoms with Crippen LogP contribution in [0, 0.1) is 5.82 Å². The molecule has 0 saturated carbocycles. The molecular formula is C14H13BrFNO2S. The van der Waals surface area contributed by atoms with Crippen molar-refractivity contribution in [2.75, 3.05) is 11.4 Å². The minimum Gasteiger partial charge on any atom is -0.269 e. The van der Waals surface area contributed by atoms with Gasteiger partial charge in [0.1, 0.15) is 5.82 Å². The SMILES string of the molecule is CN(c1ccc(F)cc1)S(=O)(=O)c1ccc(CBr)cc1. The molecule has 3 nitrogen and oxygen atoms in total. The number of hydrogen-bond acceptors (Lipinski definition) is 2. The van der Waals surface area contributed by atoms with E-state index in [1.807, 2.05) is 0 Å². The van der Waals surface area contributed by atoms with Crippen molar-refractivity contribution in [3.05, 3.63) is 59.9 Å². The van der Waals surface area contributed by atoms with Crippen molar-refractivity contribution in [2.45, 2.75) is 10.2 Å². The lowest BCUT2D eigenvalue weighted by Crippen LogP contribution is -2.26. The Labute approximate surface area is 126 Å². The molecule has 20 heavy (non-hydrogen) atoms. The summed E-state index contributed by atoms with van der Waals surface area (Å²) in [5, 5.41) is 0.668. The third-order valence-electron chi connectivity index (χ3n) is 2.93. The van der Waals surface area contributed by atoms with E-state index in [2.05, 4.69) is 15.9 Å². The molecule has 0 aliphatic rings. The summed E-state index contributed by atoms with van der Waals surface area (Å²) in [6, 6.07) is 11.9. The number of benzene rings is 2. The minimum absolute atomic E-state index is 0.203. The molecule has 0 amide bonds. The Balaban J connectivity index is 2.35. The van der Waals surface area contributed by atoms with E-state index in [9.17, 15) is 12.8 Å². The normalized spacial score (nSPS) is 11.3. The van der Waals surface area contributed by atoms with Crippen molar-refractivity contribution in [1.82, 2.24) is 0 Å². The van der Waals surface area contributed by atoms with Crippen molar-refractivity contribution in [3.63, 3.8) is 0 Å². The summed E-state index contributed by atoms with van der Waals surface area (Å²) in [4.78, 5) is 0.203. The second kappa shape index (κ2) is 5.93. The summed E-state index contributed by atoms with van der Waals surface area (Å²) in [5.41, 5.74) is 1.41. The molecule has 0 atom stereocenters. The van der Waals surface area contributed by atoms with E-state index in [4.69, 9.17) is 0 Å². The van der Waals surface area contributed by atoms with Gasteiger partial charge in [0.15, 0.2) is 0 Å². The maximum Gasteiger partial charge on any atom is 0.264 e. The summed E-state index contributed by atoms with van der Waals surface area (Å²) in [5.74, 6) is -0.402. The molecule has 106 valence electrons. The van der Waals surface area contributed by atoms with Crippen LogP contribution in [0.4, 0.5) is 10.1 Å². The molecule has 2 aromatic rings. The monoisotopic (exact) mass is 357 g/mol. The largest absolute Gasteiger partial charge is 0.269 e. The molecule has 0 radical (unpaired) electrons. The second-order valence-electron chi connectivity index (χ2n) is 4.23. The molecule has 0 aliphatic heterocycles. The van der Waals surface area contributed by atoms with Crippen molar-refractivity contribution >= 4 is 31.6 Å². The summed E-state index contributed by atoms with van der Waals surface area (Å²) >= 11 is 3.31. The highest BCUT2D eigenvalue weighted by molar-refractivity contribution is 9.08. The van der Waals surface area contributed by atoms with Crippen LogP contribution in [0.5, 0.6) is 0 Å². The first-order chi connectivity index (χ1) is 9.45. The standard InChI is InChI=1S/C14H13BrFNO2S/c1-17(13-6-4-12(16)5-7-13)20(18,19)14-8-2-11(10-15)3-9-14/h2-9H,10H2,1H3. The Morgan fingerprint density at radius 2 is 1.60 bits per heavy atom. The van der Waals surface area contributed by atoms with Gasteiger partial charge in [0.2, 0.25) is 0 Å². The van der Waals surface area contributed by atoms with Crippen LogP contribution in [0.3, 0.4) is 0 Å². The number of anilines is 1. The maximum absolute atomic E-state index is 12.9. The van der Waals surface area contributed by atoms with Crippen molar-refractivity contribution in [2.24, 2.45) is 0 Å². The molecule has 0 unspecified atom stereocenters. The zero-order valence-corrected chi connectivity index (χ0v) is 13.2. The van der Waals surface area contributed by atoms with Gasteiger partial charge >= 0.3 is 0 Å². The zero-order valence-electron chi connectivity index (χ0n) is 10.8. The van der Waals surface area contributed by atoms with Crippen molar-refractivity contribution in [1.29, 1.82) is 0 Å². The van der Waals surface area contributed by atoms with Crippen LogP contribution in [0.15, 0.2) is 53.4 Å². The van der Waals surface area contributed by atoms with Crippen molar-refractivity contribution in [3.8, 4) is 0 Å². The third kappa shape index (κ3) is 3.02. The second-order valence-corrected chi connectivity index (χ2v) is 6.76. The van der Waals surface area contributed by atoms with Crippen LogP contribution in [-0.4, -0.2) is 15.5 Å². The van der Waals surface area contributed by atoms with Gasteiger partial charge in [0, 0.05) is 12.4 Å². The van der Waals surface area contributed by atoms with Gasteiger partial charge in [-0.15, -0.1) is 0 Å². The lowest BCUT2D eigenvalue weighted by atomic mass is 10.2. The molecular weight excluding hydrogens is 345 g/mol. The van der Waals surface area contributed by atoms with Crippen LogP contribution in [-0.2, 0) is 15.4 Å². The first kappa shape index (κ1) is 15.0. The van der Waals surface area contributed by atoms with Gasteiger partial charge in [0.05, 0.1) is 10.6 Å². The number of nitrogens with zero attached hydrogens (tertiary/aromatic N) is 1. The number of sulfonamides is 1. The molecule has 6 heteroatoms. The Bertz CT molecular complexity index is 684. The minimum atomic E-state index is -3.63. The topological polar surface area (TPSA) is 37.4 Å². The first-order valence-corrected chi connectivity index (χ1v) is 8.40. The van der Waals surface area contributed by atoms with Gasteiger partial charge in [-0.1, -0.05) is 28.1 Å². The molecule has 2 aromatic carbocycles. The van der Waals surface area contributed by atoms with Gasteiger partial charge in [-0.05, 0) is 42.0 Å². The molecule has 0 aromatic heterocycles. The highest BCUT2D eigenvalue weighted by Gasteiger charge is 2.21. The molecule has 0 heterocycles. The smallest absolute Gasteiger partial charge is 0.264 e. The third-order valence-corrected chi connectivity index (χ3v) is 5.37. The quantitative estimate of drug-likeness (QED) is 0.784. The van der Waals surface area contributed by atoms with Gasteiger partial charge in [-0.3, -0.25) is 4.31 Å². The fraction of sp³-hybridized carbons (Fsp3) is 0.143. The van der Waals surface area contributed by atoms with Crippen LogP contribution in [0.2, 0.25) is 0 Å². The number of hydrogen-bond donors (Lipinski definition) is 0. The lowest BCUT2D eigenvalue weighted by Gasteiger charge is -2.19. The summed E-state index contributed by atoms with van der Waals surface area (Å²) in [6.07, 6.45) is 0. The highest BCUT2D eigenvalue weighted by atomic mass is 79.9. The van der Waals surface area contributed by atoms with Crippen LogP contribution >= 0.6 is 15.9 Å². The number of halogens is 2. The van der Waals surface area contributed by atoms with E-state index in [0.717, 1.165) is 9.87 Å². The average molecular weight is 358 g/mol. The lowest BCUT2D eigenvalue weighted by molar-refractivity contribution is 0.594. The number of rotatable bonds is 4. The zero-order chi connectivity index (χ0) is 14.8. The van der Waals surface area contributed by atoms with Gasteiger partial charge in [0.25, 0.3) is 10.0 Å². The average Bonchev–Trinajstić information content (AvgIpc) is 2.47. The van der Waals surface area contributed by atoms with E-state index in [1.54, 1.807) is 24.3 Å². The molecule has 0 saturated heterocycles. The molecule has 0 bridgehead atoms. The Morgan fingerprint density at radius 3 is 2.10 bits per heavy atom. The Morgan fingerprint density at radius 1 is 1.05 bits per heavy atom. The number of alkyl halides is 1. The Kier molecular flexibility index (Phi) is 4.45. The summed E-state index contributed by atoms with van der Waals surface area (Å²) < 4.78 is 38.9. The van der Waals surface area contributed by atoms with Gasteiger partial charge in [-0.25, -0.2) is 12.8 Å². The van der Waals surface area contributed by atoms with Crippen LogP contribution in [0.25, 0.3) is 0 Å². The van der Waals surface area contributed by atoms with Gasteiger partial charge in [-0.2, -0.15) is 0 Å². The highest BCUT2D eigenvalue weighted by Crippen LogP contribution is 2.22. The molecule has 0 aliphatic carbocycles. The van der Waals surface area contributed by atoms with Crippen LogP contribution in [0.1, 0.15) is 5.56 Å². The Hall–Kier alpha value is -1.40. The molecule has 0 fully saturated rings. The van der Waals surface area contributed by atoms with E-state index in [1.165, 1.54) is 31.3 Å². The van der Waals surface area contributed by atoms with Gasteiger partial charge < -0.3 is 0 Å². The fourth-order valence-electron chi connectivity index (χ4n) is 1.70. The summed E-state index contributed by atoms with van der Waals surface area (Å²) in [7, 11) is -2.19. The summed E-state index contributed by atoms with van der Waals surface area (Å²) in [6.45, 7) is 0.